The minimum absolute atomic E-state index is 0.218. The third kappa shape index (κ3) is 3.88. The largest absolute Gasteiger partial charge is 0.392 e. The van der Waals surface area contributed by atoms with Gasteiger partial charge in [0, 0.05) is 17.8 Å². The summed E-state index contributed by atoms with van der Waals surface area (Å²) in [5.41, 5.74) is 0. The molecule has 0 spiro atoms. The zero-order valence-corrected chi connectivity index (χ0v) is 9.44. The molecular formula is C10H21NOS. The lowest BCUT2D eigenvalue weighted by Crippen LogP contribution is -2.43. The summed E-state index contributed by atoms with van der Waals surface area (Å²) < 4.78 is 0. The van der Waals surface area contributed by atoms with E-state index < -0.39 is 0 Å². The summed E-state index contributed by atoms with van der Waals surface area (Å²) in [6.45, 7) is 2.58. The van der Waals surface area contributed by atoms with Gasteiger partial charge in [-0.05, 0) is 26.0 Å². The Bertz CT molecular complexity index is 141. The Labute approximate surface area is 85.5 Å². The molecule has 0 aromatic heterocycles. The van der Waals surface area contributed by atoms with E-state index in [-0.39, 0.29) is 6.10 Å². The second kappa shape index (κ2) is 5.89. The molecule has 1 aliphatic rings. The lowest BCUT2D eigenvalue weighted by molar-refractivity contribution is 0.182. The Morgan fingerprint density at radius 1 is 1.46 bits per heavy atom. The zero-order chi connectivity index (χ0) is 9.68. The number of hydrogen-bond acceptors (Lipinski definition) is 3. The van der Waals surface area contributed by atoms with Gasteiger partial charge < -0.3 is 10.4 Å². The normalized spacial score (nSPS) is 31.6. The SMILES string of the molecule is CSC1CCCCC1NCC(C)O. The van der Waals surface area contributed by atoms with Gasteiger partial charge in [0.25, 0.3) is 0 Å². The van der Waals surface area contributed by atoms with Gasteiger partial charge >= 0.3 is 0 Å². The van der Waals surface area contributed by atoms with Crippen LogP contribution >= 0.6 is 11.8 Å². The van der Waals surface area contributed by atoms with Crippen LogP contribution in [-0.4, -0.2) is 35.3 Å². The molecule has 2 N–H and O–H groups in total. The minimum atomic E-state index is -0.218. The Morgan fingerprint density at radius 3 is 2.77 bits per heavy atom. The van der Waals surface area contributed by atoms with Gasteiger partial charge in [0.05, 0.1) is 6.10 Å². The summed E-state index contributed by atoms with van der Waals surface area (Å²) in [6.07, 6.45) is 7.29. The standard InChI is InChI=1S/C10H21NOS/c1-8(12)7-11-9-5-3-4-6-10(9)13-2/h8-12H,3-7H2,1-2H3. The monoisotopic (exact) mass is 203 g/mol. The molecule has 0 amide bonds. The van der Waals surface area contributed by atoms with Gasteiger partial charge in [0.1, 0.15) is 0 Å². The van der Waals surface area contributed by atoms with Crippen LogP contribution in [0.1, 0.15) is 32.6 Å². The maximum Gasteiger partial charge on any atom is 0.0636 e. The number of aliphatic hydroxyl groups is 1. The number of hydrogen-bond donors (Lipinski definition) is 2. The Hall–Kier alpha value is 0.270. The van der Waals surface area contributed by atoms with Crippen LogP contribution in [-0.2, 0) is 0 Å². The summed E-state index contributed by atoms with van der Waals surface area (Å²) in [7, 11) is 0. The predicted molar refractivity (Wildman–Crippen MR) is 59.2 cm³/mol. The molecule has 1 fully saturated rings. The fourth-order valence-corrected chi connectivity index (χ4v) is 2.90. The van der Waals surface area contributed by atoms with Crippen LogP contribution in [0.5, 0.6) is 0 Å². The molecular weight excluding hydrogens is 182 g/mol. The smallest absolute Gasteiger partial charge is 0.0636 e. The van der Waals surface area contributed by atoms with Crippen LogP contribution < -0.4 is 5.32 Å². The lowest BCUT2D eigenvalue weighted by atomic mass is 9.95. The molecule has 0 aliphatic heterocycles. The van der Waals surface area contributed by atoms with Gasteiger partial charge in [0.2, 0.25) is 0 Å². The van der Waals surface area contributed by atoms with Crippen molar-refractivity contribution in [3.8, 4) is 0 Å². The fourth-order valence-electron chi connectivity index (χ4n) is 1.93. The zero-order valence-electron chi connectivity index (χ0n) is 8.62. The molecule has 1 rings (SSSR count). The van der Waals surface area contributed by atoms with Gasteiger partial charge in [-0.15, -0.1) is 0 Å². The number of rotatable bonds is 4. The van der Waals surface area contributed by atoms with Crippen molar-refractivity contribution in [3.05, 3.63) is 0 Å². The highest BCUT2D eigenvalue weighted by Gasteiger charge is 2.23. The van der Waals surface area contributed by atoms with Crippen molar-refractivity contribution >= 4 is 11.8 Å². The van der Waals surface area contributed by atoms with Crippen molar-refractivity contribution in [3.63, 3.8) is 0 Å². The van der Waals surface area contributed by atoms with E-state index in [2.05, 4.69) is 11.6 Å². The fraction of sp³-hybridized carbons (Fsp3) is 1.00. The van der Waals surface area contributed by atoms with Crippen molar-refractivity contribution < 1.29 is 5.11 Å². The highest BCUT2D eigenvalue weighted by Crippen LogP contribution is 2.26. The van der Waals surface area contributed by atoms with E-state index in [1.165, 1.54) is 25.7 Å². The molecule has 78 valence electrons. The van der Waals surface area contributed by atoms with E-state index in [4.69, 9.17) is 0 Å². The molecule has 0 aromatic carbocycles. The molecule has 1 aliphatic carbocycles. The highest BCUT2D eigenvalue weighted by atomic mass is 32.2. The van der Waals surface area contributed by atoms with E-state index in [9.17, 15) is 5.11 Å². The average Bonchev–Trinajstić information content (AvgIpc) is 2.15. The van der Waals surface area contributed by atoms with Crippen LogP contribution in [0.25, 0.3) is 0 Å². The van der Waals surface area contributed by atoms with Gasteiger partial charge in [0.15, 0.2) is 0 Å². The third-order valence-electron chi connectivity index (χ3n) is 2.68. The Kier molecular flexibility index (Phi) is 5.14. The number of aliphatic hydroxyl groups excluding tert-OH is 1. The highest BCUT2D eigenvalue weighted by molar-refractivity contribution is 7.99. The van der Waals surface area contributed by atoms with Crippen molar-refractivity contribution in [2.75, 3.05) is 12.8 Å². The average molecular weight is 203 g/mol. The molecule has 13 heavy (non-hydrogen) atoms. The van der Waals surface area contributed by atoms with E-state index in [0.717, 1.165) is 11.8 Å². The summed E-state index contributed by atoms with van der Waals surface area (Å²) in [5, 5.41) is 13.4. The van der Waals surface area contributed by atoms with Crippen molar-refractivity contribution in [1.82, 2.24) is 5.32 Å². The molecule has 0 aromatic rings. The first-order valence-electron chi connectivity index (χ1n) is 5.18. The van der Waals surface area contributed by atoms with E-state index in [1.54, 1.807) is 0 Å². The quantitative estimate of drug-likeness (QED) is 0.728. The van der Waals surface area contributed by atoms with E-state index in [0.29, 0.717) is 6.04 Å². The lowest BCUT2D eigenvalue weighted by Gasteiger charge is -2.31. The van der Waals surface area contributed by atoms with Crippen molar-refractivity contribution in [1.29, 1.82) is 0 Å². The van der Waals surface area contributed by atoms with Gasteiger partial charge in [-0.25, -0.2) is 0 Å². The predicted octanol–water partition coefficient (Wildman–Crippen LogP) is 1.63. The third-order valence-corrected chi connectivity index (χ3v) is 3.85. The molecule has 2 nitrogen and oxygen atoms in total. The second-order valence-electron chi connectivity index (χ2n) is 3.92. The van der Waals surface area contributed by atoms with Crippen LogP contribution in [0.3, 0.4) is 0 Å². The van der Waals surface area contributed by atoms with Crippen LogP contribution in [0.15, 0.2) is 0 Å². The summed E-state index contributed by atoms with van der Waals surface area (Å²) >= 11 is 1.96. The molecule has 3 heteroatoms. The molecule has 0 radical (unpaired) electrons. The van der Waals surface area contributed by atoms with Crippen LogP contribution in [0.2, 0.25) is 0 Å². The summed E-state index contributed by atoms with van der Waals surface area (Å²) in [5.74, 6) is 0. The van der Waals surface area contributed by atoms with Gasteiger partial charge in [-0.2, -0.15) is 11.8 Å². The molecule has 3 atom stereocenters. The van der Waals surface area contributed by atoms with Gasteiger partial charge in [-0.1, -0.05) is 12.8 Å². The van der Waals surface area contributed by atoms with E-state index in [1.807, 2.05) is 18.7 Å². The summed E-state index contributed by atoms with van der Waals surface area (Å²) in [6, 6.07) is 0.623. The first-order valence-corrected chi connectivity index (χ1v) is 6.47. The van der Waals surface area contributed by atoms with Crippen LogP contribution in [0.4, 0.5) is 0 Å². The number of thioether (sulfide) groups is 1. The topological polar surface area (TPSA) is 32.3 Å². The Morgan fingerprint density at radius 2 is 2.15 bits per heavy atom. The van der Waals surface area contributed by atoms with E-state index >= 15 is 0 Å². The molecule has 1 saturated carbocycles. The van der Waals surface area contributed by atoms with Gasteiger partial charge in [-0.3, -0.25) is 0 Å². The molecule has 0 bridgehead atoms. The Balaban J connectivity index is 2.27. The maximum absolute atomic E-state index is 9.17. The minimum Gasteiger partial charge on any atom is -0.392 e. The van der Waals surface area contributed by atoms with Crippen LogP contribution in [0, 0.1) is 0 Å². The van der Waals surface area contributed by atoms with Crippen molar-refractivity contribution in [2.45, 2.75) is 50.0 Å². The summed E-state index contributed by atoms with van der Waals surface area (Å²) in [4.78, 5) is 0. The molecule has 0 heterocycles. The first kappa shape index (κ1) is 11.3. The maximum atomic E-state index is 9.17. The second-order valence-corrected chi connectivity index (χ2v) is 5.00. The number of nitrogens with one attached hydrogen (secondary N) is 1. The molecule has 0 saturated heterocycles. The molecule has 3 unspecified atom stereocenters. The van der Waals surface area contributed by atoms with Crippen molar-refractivity contribution in [2.24, 2.45) is 0 Å². The first-order chi connectivity index (χ1) is 6.24.